The maximum Gasteiger partial charge on any atom is 0.150 e. The molecule has 0 heterocycles. The van der Waals surface area contributed by atoms with Crippen LogP contribution in [-0.4, -0.2) is 25.3 Å². The van der Waals surface area contributed by atoms with Gasteiger partial charge in [0.2, 0.25) is 0 Å². The first-order valence-corrected chi connectivity index (χ1v) is 8.29. The second-order valence-electron chi connectivity index (χ2n) is 5.69. The van der Waals surface area contributed by atoms with Gasteiger partial charge in [-0.1, -0.05) is 50.5 Å². The minimum atomic E-state index is -2.91. The Bertz CT molecular complexity index is 275. The van der Waals surface area contributed by atoms with Gasteiger partial charge in [-0.05, 0) is 17.3 Å². The molecular formula is C11H23BrO2S. The molecule has 0 saturated carbocycles. The van der Waals surface area contributed by atoms with E-state index in [0.29, 0.717) is 11.5 Å². The molecule has 0 bridgehead atoms. The number of sulfone groups is 1. The third-order valence-electron chi connectivity index (χ3n) is 2.45. The summed E-state index contributed by atoms with van der Waals surface area (Å²) < 4.78 is 23.7. The molecule has 4 heteroatoms. The highest BCUT2D eigenvalue weighted by Crippen LogP contribution is 2.29. The van der Waals surface area contributed by atoms with Crippen LogP contribution in [0.2, 0.25) is 0 Å². The van der Waals surface area contributed by atoms with Gasteiger partial charge in [0.25, 0.3) is 0 Å². The average molecular weight is 299 g/mol. The van der Waals surface area contributed by atoms with E-state index in [1.807, 2.05) is 13.8 Å². The summed E-state index contributed by atoms with van der Waals surface area (Å²) in [5, 5.41) is 0.744. The van der Waals surface area contributed by atoms with Crippen molar-refractivity contribution in [3.05, 3.63) is 0 Å². The highest BCUT2D eigenvalue weighted by atomic mass is 79.9. The number of hydrogen-bond donors (Lipinski definition) is 0. The van der Waals surface area contributed by atoms with Crippen molar-refractivity contribution < 1.29 is 8.42 Å². The van der Waals surface area contributed by atoms with Crippen LogP contribution >= 0.6 is 15.9 Å². The van der Waals surface area contributed by atoms with Gasteiger partial charge >= 0.3 is 0 Å². The van der Waals surface area contributed by atoms with Crippen molar-refractivity contribution >= 4 is 25.8 Å². The molecule has 0 aliphatic heterocycles. The van der Waals surface area contributed by atoms with Crippen molar-refractivity contribution in [2.75, 3.05) is 16.8 Å². The SMILES string of the molecule is CC(C)CS(=O)(=O)CC(CBr)C(C)(C)C. The molecule has 92 valence electrons. The molecule has 15 heavy (non-hydrogen) atoms. The van der Waals surface area contributed by atoms with E-state index in [-0.39, 0.29) is 17.3 Å². The summed E-state index contributed by atoms with van der Waals surface area (Å²) in [5.74, 6) is 0.985. The smallest absolute Gasteiger partial charge is 0.150 e. The molecule has 0 spiro atoms. The van der Waals surface area contributed by atoms with Crippen LogP contribution < -0.4 is 0 Å². The van der Waals surface area contributed by atoms with Crippen molar-refractivity contribution in [2.45, 2.75) is 34.6 Å². The molecule has 0 saturated heterocycles. The summed E-state index contributed by atoms with van der Waals surface area (Å²) >= 11 is 3.41. The highest BCUT2D eigenvalue weighted by molar-refractivity contribution is 9.09. The Hall–Kier alpha value is 0.430. The Balaban J connectivity index is 4.56. The molecule has 2 nitrogen and oxygen atoms in total. The van der Waals surface area contributed by atoms with Gasteiger partial charge in [0.05, 0.1) is 11.5 Å². The van der Waals surface area contributed by atoms with Crippen LogP contribution in [0.15, 0.2) is 0 Å². The molecular weight excluding hydrogens is 276 g/mol. The largest absolute Gasteiger partial charge is 0.229 e. The van der Waals surface area contributed by atoms with Gasteiger partial charge < -0.3 is 0 Å². The van der Waals surface area contributed by atoms with Crippen molar-refractivity contribution in [1.82, 2.24) is 0 Å². The van der Waals surface area contributed by atoms with Crippen molar-refractivity contribution in [3.8, 4) is 0 Å². The van der Waals surface area contributed by atoms with E-state index in [0.717, 1.165) is 5.33 Å². The minimum Gasteiger partial charge on any atom is -0.229 e. The molecule has 0 rings (SSSR count). The number of halogens is 1. The van der Waals surface area contributed by atoms with E-state index in [2.05, 4.69) is 36.7 Å². The first-order valence-electron chi connectivity index (χ1n) is 5.35. The molecule has 0 N–H and O–H groups in total. The van der Waals surface area contributed by atoms with Crippen LogP contribution in [0.3, 0.4) is 0 Å². The van der Waals surface area contributed by atoms with Crippen LogP contribution in [0.5, 0.6) is 0 Å². The van der Waals surface area contributed by atoms with Gasteiger partial charge in [-0.2, -0.15) is 0 Å². The van der Waals surface area contributed by atoms with Crippen LogP contribution in [0, 0.1) is 17.3 Å². The zero-order valence-electron chi connectivity index (χ0n) is 10.4. The lowest BCUT2D eigenvalue weighted by molar-refractivity contribution is 0.291. The van der Waals surface area contributed by atoms with Crippen LogP contribution in [0.1, 0.15) is 34.6 Å². The Labute approximate surface area is 103 Å². The molecule has 0 fully saturated rings. The lowest BCUT2D eigenvalue weighted by Gasteiger charge is -2.29. The topological polar surface area (TPSA) is 34.1 Å². The minimum absolute atomic E-state index is 0.0353. The standard InChI is InChI=1S/C11H23BrO2S/c1-9(2)7-15(13,14)8-10(6-12)11(3,4)5/h9-10H,6-8H2,1-5H3. The van der Waals surface area contributed by atoms with Gasteiger partial charge in [-0.25, -0.2) is 8.42 Å². The van der Waals surface area contributed by atoms with Gasteiger partial charge in [0.15, 0.2) is 9.84 Å². The Morgan fingerprint density at radius 1 is 1.13 bits per heavy atom. The van der Waals surface area contributed by atoms with Gasteiger partial charge in [0, 0.05) is 5.33 Å². The molecule has 0 radical (unpaired) electrons. The number of alkyl halides is 1. The van der Waals surface area contributed by atoms with E-state index in [1.54, 1.807) is 0 Å². The molecule has 0 aliphatic rings. The van der Waals surface area contributed by atoms with E-state index in [9.17, 15) is 8.42 Å². The molecule has 0 aromatic rings. The van der Waals surface area contributed by atoms with Gasteiger partial charge in [0.1, 0.15) is 0 Å². The lowest BCUT2D eigenvalue weighted by atomic mass is 9.83. The second kappa shape index (κ2) is 5.67. The van der Waals surface area contributed by atoms with E-state index >= 15 is 0 Å². The van der Waals surface area contributed by atoms with E-state index in [1.165, 1.54) is 0 Å². The van der Waals surface area contributed by atoms with Crippen LogP contribution in [0.4, 0.5) is 0 Å². The van der Waals surface area contributed by atoms with E-state index < -0.39 is 9.84 Å². The summed E-state index contributed by atoms with van der Waals surface area (Å²) in [6.07, 6.45) is 0. The molecule has 0 aromatic carbocycles. The van der Waals surface area contributed by atoms with Crippen molar-refractivity contribution in [3.63, 3.8) is 0 Å². The van der Waals surface area contributed by atoms with Gasteiger partial charge in [-0.3, -0.25) is 0 Å². The van der Waals surface area contributed by atoms with Crippen LogP contribution in [0.25, 0.3) is 0 Å². The Kier molecular flexibility index (Phi) is 5.83. The van der Waals surface area contributed by atoms with E-state index in [4.69, 9.17) is 0 Å². The lowest BCUT2D eigenvalue weighted by Crippen LogP contribution is -2.31. The summed E-state index contributed by atoms with van der Waals surface area (Å²) in [6, 6.07) is 0. The Morgan fingerprint density at radius 3 is 1.87 bits per heavy atom. The Morgan fingerprint density at radius 2 is 1.60 bits per heavy atom. The molecule has 0 aliphatic carbocycles. The zero-order chi connectivity index (χ0) is 12.3. The summed E-state index contributed by atoms with van der Waals surface area (Å²) in [6.45, 7) is 10.1. The highest BCUT2D eigenvalue weighted by Gasteiger charge is 2.28. The monoisotopic (exact) mass is 298 g/mol. The molecule has 0 aromatic heterocycles. The molecule has 0 amide bonds. The fourth-order valence-corrected chi connectivity index (χ4v) is 5.29. The third-order valence-corrected chi connectivity index (χ3v) is 5.32. The number of hydrogen-bond acceptors (Lipinski definition) is 2. The first kappa shape index (κ1) is 15.4. The summed E-state index contributed by atoms with van der Waals surface area (Å²) in [5.41, 5.74) is 0.0353. The second-order valence-corrected chi connectivity index (χ2v) is 8.49. The summed E-state index contributed by atoms with van der Waals surface area (Å²) in [4.78, 5) is 0. The predicted octanol–water partition coefficient (Wildman–Crippen LogP) is 3.11. The summed E-state index contributed by atoms with van der Waals surface area (Å²) in [7, 11) is -2.91. The normalized spacial score (nSPS) is 15.7. The predicted molar refractivity (Wildman–Crippen MR) is 70.2 cm³/mol. The quantitative estimate of drug-likeness (QED) is 0.731. The van der Waals surface area contributed by atoms with Gasteiger partial charge in [-0.15, -0.1) is 0 Å². The maximum atomic E-state index is 11.8. The molecule has 1 unspecified atom stereocenters. The number of rotatable bonds is 5. The van der Waals surface area contributed by atoms with Crippen LogP contribution in [-0.2, 0) is 9.84 Å². The fourth-order valence-electron chi connectivity index (χ4n) is 1.41. The van der Waals surface area contributed by atoms with Crippen molar-refractivity contribution in [2.24, 2.45) is 17.3 Å². The molecule has 1 atom stereocenters. The maximum absolute atomic E-state index is 11.8. The third kappa shape index (κ3) is 6.56. The average Bonchev–Trinajstić information content (AvgIpc) is 1.95. The van der Waals surface area contributed by atoms with Crippen molar-refractivity contribution in [1.29, 1.82) is 0 Å². The first-order chi connectivity index (χ1) is 6.58. The fraction of sp³-hybridized carbons (Fsp3) is 1.00. The zero-order valence-corrected chi connectivity index (χ0v) is 12.8.